The maximum Gasteiger partial charge on any atom is 0.251 e. The van der Waals surface area contributed by atoms with Crippen LogP contribution in [0.4, 0.5) is 0 Å². The first-order valence-corrected chi connectivity index (χ1v) is 11.7. The van der Waals surface area contributed by atoms with Crippen molar-refractivity contribution in [2.45, 2.75) is 43.5 Å². The molecular weight excluding hydrogens is 404 g/mol. The van der Waals surface area contributed by atoms with E-state index in [2.05, 4.69) is 5.32 Å². The van der Waals surface area contributed by atoms with E-state index in [1.807, 2.05) is 25.1 Å². The lowest BCUT2D eigenvalue weighted by molar-refractivity contribution is 0.0954. The topological polar surface area (TPSA) is 84.9 Å². The molecule has 7 nitrogen and oxygen atoms in total. The molecule has 30 heavy (non-hydrogen) atoms. The number of benzene rings is 2. The van der Waals surface area contributed by atoms with Crippen LogP contribution in [0, 0.1) is 0 Å². The number of hydrogen-bond donors (Lipinski definition) is 1. The van der Waals surface area contributed by atoms with Gasteiger partial charge in [0, 0.05) is 24.7 Å². The van der Waals surface area contributed by atoms with Gasteiger partial charge in [0.05, 0.1) is 4.90 Å². The smallest absolute Gasteiger partial charge is 0.251 e. The van der Waals surface area contributed by atoms with Gasteiger partial charge in [0.2, 0.25) is 16.8 Å². The summed E-state index contributed by atoms with van der Waals surface area (Å²) in [5, 5.41) is 2.87. The molecule has 1 amide bonds. The van der Waals surface area contributed by atoms with Crippen molar-refractivity contribution >= 4 is 15.9 Å². The molecule has 4 rings (SSSR count). The number of amides is 1. The predicted octanol–water partition coefficient (Wildman–Crippen LogP) is 2.95. The van der Waals surface area contributed by atoms with Crippen LogP contribution in [-0.2, 0) is 16.4 Å². The molecule has 2 heterocycles. The van der Waals surface area contributed by atoms with Crippen molar-refractivity contribution in [3.63, 3.8) is 0 Å². The predicted molar refractivity (Wildman–Crippen MR) is 112 cm³/mol. The van der Waals surface area contributed by atoms with Crippen molar-refractivity contribution in [2.24, 2.45) is 0 Å². The minimum absolute atomic E-state index is 0.00269. The summed E-state index contributed by atoms with van der Waals surface area (Å²) in [6.07, 6.45) is 3.47. The maximum atomic E-state index is 12.9. The highest BCUT2D eigenvalue weighted by Crippen LogP contribution is 2.32. The number of ether oxygens (including phenoxy) is 2. The van der Waals surface area contributed by atoms with E-state index in [1.165, 1.54) is 12.1 Å². The fourth-order valence-electron chi connectivity index (χ4n) is 3.86. The molecule has 2 aliphatic rings. The third-order valence-corrected chi connectivity index (χ3v) is 7.63. The van der Waals surface area contributed by atoms with Gasteiger partial charge in [-0.15, -0.1) is 0 Å². The first-order valence-electron chi connectivity index (χ1n) is 10.2. The molecule has 0 saturated carbocycles. The van der Waals surface area contributed by atoms with Crippen LogP contribution in [0.15, 0.2) is 47.4 Å². The third kappa shape index (κ3) is 4.29. The van der Waals surface area contributed by atoms with Crippen LogP contribution in [0.25, 0.3) is 0 Å². The summed E-state index contributed by atoms with van der Waals surface area (Å²) in [6, 6.07) is 11.9. The summed E-state index contributed by atoms with van der Waals surface area (Å²) in [5.41, 5.74) is 1.47. The first-order chi connectivity index (χ1) is 14.4. The van der Waals surface area contributed by atoms with E-state index in [-0.39, 0.29) is 23.6 Å². The Labute approximate surface area is 177 Å². The average molecular weight is 431 g/mol. The van der Waals surface area contributed by atoms with Gasteiger partial charge in [-0.1, -0.05) is 12.5 Å². The molecule has 0 unspecified atom stereocenters. The van der Waals surface area contributed by atoms with Gasteiger partial charge in [0.25, 0.3) is 5.91 Å². The SMILES string of the molecule is C[C@@H]1CCCCN1S(=O)(=O)c1ccc(C(=O)NCCc2ccc3c(c2)OCO3)cc1. The molecular formula is C22H26N2O5S. The molecule has 0 radical (unpaired) electrons. The zero-order valence-corrected chi connectivity index (χ0v) is 17.8. The number of carbonyl (C=O) groups is 1. The Hall–Kier alpha value is -2.58. The number of fused-ring (bicyclic) bond motifs is 1. The minimum Gasteiger partial charge on any atom is -0.454 e. The van der Waals surface area contributed by atoms with E-state index >= 15 is 0 Å². The fourth-order valence-corrected chi connectivity index (χ4v) is 5.56. The van der Waals surface area contributed by atoms with Crippen LogP contribution in [0.3, 0.4) is 0 Å². The van der Waals surface area contributed by atoms with Crippen molar-refractivity contribution in [3.8, 4) is 11.5 Å². The molecule has 1 atom stereocenters. The number of carbonyl (C=O) groups excluding carboxylic acids is 1. The number of hydrogen-bond acceptors (Lipinski definition) is 5. The Morgan fingerprint density at radius 3 is 2.63 bits per heavy atom. The van der Waals surface area contributed by atoms with E-state index in [4.69, 9.17) is 9.47 Å². The number of nitrogens with one attached hydrogen (secondary N) is 1. The van der Waals surface area contributed by atoms with Gasteiger partial charge >= 0.3 is 0 Å². The average Bonchev–Trinajstić information content (AvgIpc) is 3.22. The van der Waals surface area contributed by atoms with Gasteiger partial charge in [-0.25, -0.2) is 8.42 Å². The Kier molecular flexibility index (Phi) is 5.97. The molecule has 0 spiro atoms. The maximum absolute atomic E-state index is 12.9. The van der Waals surface area contributed by atoms with Crippen molar-refractivity contribution < 1.29 is 22.7 Å². The number of piperidine rings is 1. The van der Waals surface area contributed by atoms with Crippen molar-refractivity contribution in [3.05, 3.63) is 53.6 Å². The molecule has 160 valence electrons. The zero-order valence-electron chi connectivity index (χ0n) is 17.0. The summed E-state index contributed by atoms with van der Waals surface area (Å²) in [7, 11) is -3.53. The number of rotatable bonds is 6. The van der Waals surface area contributed by atoms with E-state index in [0.29, 0.717) is 25.1 Å². The highest BCUT2D eigenvalue weighted by atomic mass is 32.2. The Bertz CT molecular complexity index is 1020. The van der Waals surface area contributed by atoms with Crippen LogP contribution >= 0.6 is 0 Å². The summed E-state index contributed by atoms with van der Waals surface area (Å²) in [5.74, 6) is 1.22. The molecule has 0 aromatic heterocycles. The second-order valence-corrected chi connectivity index (χ2v) is 9.57. The van der Waals surface area contributed by atoms with Crippen LogP contribution in [0.2, 0.25) is 0 Å². The Morgan fingerprint density at radius 1 is 1.10 bits per heavy atom. The highest BCUT2D eigenvalue weighted by molar-refractivity contribution is 7.89. The van der Waals surface area contributed by atoms with Crippen molar-refractivity contribution in [1.29, 1.82) is 0 Å². The van der Waals surface area contributed by atoms with Crippen molar-refractivity contribution in [2.75, 3.05) is 19.9 Å². The van der Waals surface area contributed by atoms with E-state index in [0.717, 1.165) is 36.3 Å². The summed E-state index contributed by atoms with van der Waals surface area (Å²) in [6.45, 7) is 3.19. The zero-order chi connectivity index (χ0) is 21.1. The van der Waals surface area contributed by atoms with Crippen LogP contribution < -0.4 is 14.8 Å². The van der Waals surface area contributed by atoms with Crippen LogP contribution in [-0.4, -0.2) is 44.6 Å². The van der Waals surface area contributed by atoms with Crippen LogP contribution in [0.1, 0.15) is 42.1 Å². The number of sulfonamides is 1. The first kappa shape index (κ1) is 20.7. The van der Waals surface area contributed by atoms with Gasteiger partial charge < -0.3 is 14.8 Å². The van der Waals surface area contributed by atoms with Gasteiger partial charge in [-0.05, 0) is 68.1 Å². The molecule has 2 aliphatic heterocycles. The molecule has 1 N–H and O–H groups in total. The van der Waals surface area contributed by atoms with Gasteiger partial charge in [0.15, 0.2) is 11.5 Å². The molecule has 0 bridgehead atoms. The summed E-state index contributed by atoms with van der Waals surface area (Å²) >= 11 is 0. The van der Waals surface area contributed by atoms with Gasteiger partial charge in [-0.3, -0.25) is 4.79 Å². The molecule has 2 aromatic rings. The third-order valence-electron chi connectivity index (χ3n) is 5.60. The van der Waals surface area contributed by atoms with E-state index in [1.54, 1.807) is 16.4 Å². The highest BCUT2D eigenvalue weighted by Gasteiger charge is 2.30. The minimum atomic E-state index is -3.53. The molecule has 2 aromatic carbocycles. The largest absolute Gasteiger partial charge is 0.454 e. The second kappa shape index (κ2) is 8.65. The van der Waals surface area contributed by atoms with Crippen molar-refractivity contribution in [1.82, 2.24) is 9.62 Å². The Morgan fingerprint density at radius 2 is 1.87 bits per heavy atom. The lowest BCUT2D eigenvalue weighted by Crippen LogP contribution is -2.41. The lowest BCUT2D eigenvalue weighted by atomic mass is 10.1. The van der Waals surface area contributed by atoms with E-state index in [9.17, 15) is 13.2 Å². The lowest BCUT2D eigenvalue weighted by Gasteiger charge is -2.32. The summed E-state index contributed by atoms with van der Waals surface area (Å²) < 4.78 is 38.0. The van der Waals surface area contributed by atoms with Gasteiger partial charge in [-0.2, -0.15) is 4.31 Å². The second-order valence-electron chi connectivity index (χ2n) is 7.68. The standard InChI is InChI=1S/C22H26N2O5S/c1-16-4-2-3-13-24(16)30(26,27)19-8-6-18(7-9-19)22(25)23-12-11-17-5-10-20-21(14-17)29-15-28-20/h5-10,14,16H,2-4,11-13,15H2,1H3,(H,23,25)/t16-/m1/s1. The molecule has 0 aliphatic carbocycles. The van der Waals surface area contributed by atoms with Gasteiger partial charge in [0.1, 0.15) is 0 Å². The monoisotopic (exact) mass is 430 g/mol. The van der Waals surface area contributed by atoms with Crippen LogP contribution in [0.5, 0.6) is 11.5 Å². The summed E-state index contributed by atoms with van der Waals surface area (Å²) in [4.78, 5) is 12.7. The normalized spacial score (nSPS) is 18.9. The van der Waals surface area contributed by atoms with E-state index < -0.39 is 10.0 Å². The quantitative estimate of drug-likeness (QED) is 0.762. The molecule has 1 fully saturated rings. The fraction of sp³-hybridized carbons (Fsp3) is 0.409. The Balaban J connectivity index is 1.35. The molecule has 1 saturated heterocycles. The molecule has 8 heteroatoms. The number of nitrogens with zero attached hydrogens (tertiary/aromatic N) is 1.